The van der Waals surface area contributed by atoms with Gasteiger partial charge >= 0.3 is 0 Å². The van der Waals surface area contributed by atoms with E-state index in [-0.39, 0.29) is 12.2 Å². The standard InChI is InChI=1S/C11H14N2O2S2/c1-7(2-4-14)17-6-9-12-8-3-5-16-10(8)11(15)13-9/h3,5,7,14H,2,4,6H2,1H3,(H,12,13,15). The Bertz CT molecular complexity index is 550. The fraction of sp³-hybridized carbons (Fsp3) is 0.455. The van der Waals surface area contributed by atoms with E-state index >= 15 is 0 Å². The van der Waals surface area contributed by atoms with Crippen molar-refractivity contribution in [3.8, 4) is 0 Å². The van der Waals surface area contributed by atoms with Crippen LogP contribution in [0.4, 0.5) is 0 Å². The molecule has 0 aliphatic heterocycles. The smallest absolute Gasteiger partial charge is 0.268 e. The number of aromatic nitrogens is 2. The lowest BCUT2D eigenvalue weighted by Crippen LogP contribution is -2.10. The number of hydrogen-bond acceptors (Lipinski definition) is 5. The van der Waals surface area contributed by atoms with Gasteiger partial charge in [-0.3, -0.25) is 4.79 Å². The molecule has 1 atom stereocenters. The predicted octanol–water partition coefficient (Wildman–Crippen LogP) is 1.99. The van der Waals surface area contributed by atoms with Gasteiger partial charge in [0.25, 0.3) is 5.56 Å². The first-order valence-electron chi connectivity index (χ1n) is 5.39. The first-order chi connectivity index (χ1) is 8.20. The van der Waals surface area contributed by atoms with E-state index in [1.807, 2.05) is 11.4 Å². The monoisotopic (exact) mass is 270 g/mol. The van der Waals surface area contributed by atoms with Crippen molar-refractivity contribution >= 4 is 33.3 Å². The summed E-state index contributed by atoms with van der Waals surface area (Å²) in [6.45, 7) is 2.25. The summed E-state index contributed by atoms with van der Waals surface area (Å²) in [5, 5.41) is 11.0. The number of aromatic amines is 1. The number of nitrogens with zero attached hydrogens (tertiary/aromatic N) is 1. The van der Waals surface area contributed by atoms with E-state index < -0.39 is 0 Å². The molecule has 0 amide bonds. The van der Waals surface area contributed by atoms with E-state index in [2.05, 4.69) is 16.9 Å². The molecule has 2 N–H and O–H groups in total. The summed E-state index contributed by atoms with van der Waals surface area (Å²) < 4.78 is 0.683. The molecule has 4 nitrogen and oxygen atoms in total. The molecule has 0 saturated carbocycles. The molecule has 2 heterocycles. The zero-order valence-corrected chi connectivity index (χ0v) is 11.1. The minimum Gasteiger partial charge on any atom is -0.396 e. The quantitative estimate of drug-likeness (QED) is 0.872. The number of nitrogens with one attached hydrogen (secondary N) is 1. The molecule has 2 rings (SSSR count). The number of fused-ring (bicyclic) bond motifs is 1. The van der Waals surface area contributed by atoms with Gasteiger partial charge in [0, 0.05) is 11.9 Å². The van der Waals surface area contributed by atoms with E-state index in [1.165, 1.54) is 11.3 Å². The Kier molecular flexibility index (Phi) is 4.20. The van der Waals surface area contributed by atoms with Crippen molar-refractivity contribution in [3.05, 3.63) is 27.6 Å². The second-order valence-electron chi connectivity index (χ2n) is 3.78. The molecule has 2 aromatic rings. The third-order valence-corrected chi connectivity index (χ3v) is 4.55. The van der Waals surface area contributed by atoms with Gasteiger partial charge in [-0.25, -0.2) is 4.98 Å². The molecular formula is C11H14N2O2S2. The van der Waals surface area contributed by atoms with Crippen LogP contribution >= 0.6 is 23.1 Å². The Morgan fingerprint density at radius 2 is 2.47 bits per heavy atom. The average molecular weight is 270 g/mol. The molecular weight excluding hydrogens is 256 g/mol. The van der Waals surface area contributed by atoms with Crippen LogP contribution in [0, 0.1) is 0 Å². The lowest BCUT2D eigenvalue weighted by atomic mass is 10.3. The van der Waals surface area contributed by atoms with Crippen LogP contribution in [0.1, 0.15) is 19.2 Å². The number of rotatable bonds is 5. The van der Waals surface area contributed by atoms with Crippen molar-refractivity contribution in [3.63, 3.8) is 0 Å². The molecule has 0 fully saturated rings. The van der Waals surface area contributed by atoms with Crippen molar-refractivity contribution in [2.45, 2.75) is 24.3 Å². The van der Waals surface area contributed by atoms with Gasteiger partial charge in [0.15, 0.2) is 0 Å². The second-order valence-corrected chi connectivity index (χ2v) is 6.12. The number of aliphatic hydroxyl groups is 1. The Hall–Kier alpha value is -0.850. The normalized spacial score (nSPS) is 13.1. The molecule has 0 radical (unpaired) electrons. The average Bonchev–Trinajstić information content (AvgIpc) is 2.75. The Morgan fingerprint density at radius 3 is 3.24 bits per heavy atom. The highest BCUT2D eigenvalue weighted by molar-refractivity contribution is 7.99. The van der Waals surface area contributed by atoms with Gasteiger partial charge < -0.3 is 10.1 Å². The van der Waals surface area contributed by atoms with Crippen LogP contribution in [0.3, 0.4) is 0 Å². The molecule has 0 aromatic carbocycles. The number of aliphatic hydroxyl groups excluding tert-OH is 1. The van der Waals surface area contributed by atoms with Crippen LogP contribution in [0.15, 0.2) is 16.2 Å². The topological polar surface area (TPSA) is 66.0 Å². The van der Waals surface area contributed by atoms with E-state index in [9.17, 15) is 4.79 Å². The number of H-pyrrole nitrogens is 1. The molecule has 2 aromatic heterocycles. The molecule has 0 aliphatic carbocycles. The summed E-state index contributed by atoms with van der Waals surface area (Å²) >= 11 is 3.09. The first kappa shape index (κ1) is 12.6. The summed E-state index contributed by atoms with van der Waals surface area (Å²) in [5.41, 5.74) is 0.708. The number of thioether (sulfide) groups is 1. The van der Waals surface area contributed by atoms with Crippen LogP contribution in [-0.4, -0.2) is 26.9 Å². The van der Waals surface area contributed by atoms with Crippen LogP contribution in [-0.2, 0) is 5.75 Å². The minimum atomic E-state index is -0.0598. The fourth-order valence-electron chi connectivity index (χ4n) is 1.48. The zero-order valence-electron chi connectivity index (χ0n) is 9.47. The van der Waals surface area contributed by atoms with E-state index in [0.29, 0.717) is 21.5 Å². The maximum atomic E-state index is 11.7. The Labute approximate surface area is 107 Å². The third kappa shape index (κ3) is 3.08. The molecule has 92 valence electrons. The van der Waals surface area contributed by atoms with E-state index in [1.54, 1.807) is 11.8 Å². The van der Waals surface area contributed by atoms with Gasteiger partial charge in [0.1, 0.15) is 10.5 Å². The fourth-order valence-corrected chi connectivity index (χ4v) is 3.05. The van der Waals surface area contributed by atoms with Crippen molar-refractivity contribution in [2.24, 2.45) is 0 Å². The minimum absolute atomic E-state index is 0.0598. The highest BCUT2D eigenvalue weighted by atomic mass is 32.2. The Morgan fingerprint density at radius 1 is 1.65 bits per heavy atom. The molecule has 0 bridgehead atoms. The highest BCUT2D eigenvalue weighted by Gasteiger charge is 2.07. The Balaban J connectivity index is 2.11. The predicted molar refractivity (Wildman–Crippen MR) is 72.7 cm³/mol. The van der Waals surface area contributed by atoms with E-state index in [4.69, 9.17) is 5.11 Å². The number of hydrogen-bond donors (Lipinski definition) is 2. The largest absolute Gasteiger partial charge is 0.396 e. The lowest BCUT2D eigenvalue weighted by molar-refractivity contribution is 0.289. The molecule has 0 spiro atoms. The van der Waals surface area contributed by atoms with Gasteiger partial charge in [0.05, 0.1) is 11.3 Å². The van der Waals surface area contributed by atoms with Crippen LogP contribution in [0.2, 0.25) is 0 Å². The van der Waals surface area contributed by atoms with Gasteiger partial charge in [-0.2, -0.15) is 11.8 Å². The zero-order chi connectivity index (χ0) is 12.3. The molecule has 17 heavy (non-hydrogen) atoms. The lowest BCUT2D eigenvalue weighted by Gasteiger charge is -2.08. The maximum Gasteiger partial charge on any atom is 0.268 e. The van der Waals surface area contributed by atoms with Gasteiger partial charge in [-0.15, -0.1) is 11.3 Å². The van der Waals surface area contributed by atoms with Gasteiger partial charge in [-0.05, 0) is 17.9 Å². The molecule has 0 aliphatic rings. The SMILES string of the molecule is CC(CCO)SCc1nc2ccsc2c(=O)[nH]1. The van der Waals surface area contributed by atoms with Gasteiger partial charge in [0.2, 0.25) is 0 Å². The summed E-state index contributed by atoms with van der Waals surface area (Å²) in [4.78, 5) is 18.9. The van der Waals surface area contributed by atoms with Crippen molar-refractivity contribution in [1.29, 1.82) is 0 Å². The highest BCUT2D eigenvalue weighted by Crippen LogP contribution is 2.19. The first-order valence-corrected chi connectivity index (χ1v) is 7.32. The molecule has 0 saturated heterocycles. The number of thiophene rings is 1. The van der Waals surface area contributed by atoms with Crippen molar-refractivity contribution < 1.29 is 5.11 Å². The summed E-state index contributed by atoms with van der Waals surface area (Å²) in [7, 11) is 0. The second kappa shape index (κ2) is 5.66. The third-order valence-electron chi connectivity index (χ3n) is 2.40. The molecule has 6 heteroatoms. The van der Waals surface area contributed by atoms with Crippen LogP contribution in [0.25, 0.3) is 10.2 Å². The van der Waals surface area contributed by atoms with Crippen LogP contribution < -0.4 is 5.56 Å². The van der Waals surface area contributed by atoms with Crippen LogP contribution in [0.5, 0.6) is 0 Å². The van der Waals surface area contributed by atoms with Crippen molar-refractivity contribution in [1.82, 2.24) is 9.97 Å². The summed E-state index contributed by atoms with van der Waals surface area (Å²) in [6, 6.07) is 1.86. The van der Waals surface area contributed by atoms with Gasteiger partial charge in [-0.1, -0.05) is 6.92 Å². The summed E-state index contributed by atoms with van der Waals surface area (Å²) in [6.07, 6.45) is 0.760. The maximum absolute atomic E-state index is 11.7. The molecule has 1 unspecified atom stereocenters. The van der Waals surface area contributed by atoms with Crippen molar-refractivity contribution in [2.75, 3.05) is 6.61 Å². The summed E-state index contributed by atoms with van der Waals surface area (Å²) in [5.74, 6) is 1.37. The van der Waals surface area contributed by atoms with E-state index in [0.717, 1.165) is 11.9 Å².